The molecule has 4 rings (SSSR count). The number of imidazole rings is 1. The van der Waals surface area contributed by atoms with Gasteiger partial charge in [-0.3, -0.25) is 0 Å². The van der Waals surface area contributed by atoms with Crippen molar-refractivity contribution in [2.45, 2.75) is 19.3 Å². The van der Waals surface area contributed by atoms with Crippen LogP contribution in [0.4, 0.5) is 0 Å². The Labute approximate surface area is 113 Å². The second kappa shape index (κ2) is 4.03. The second-order valence-corrected chi connectivity index (χ2v) is 6.54. The molecule has 0 atom stereocenters. The number of thiophene rings is 1. The van der Waals surface area contributed by atoms with E-state index >= 15 is 0 Å². The first kappa shape index (κ1) is 10.5. The minimum atomic E-state index is 0.834. The van der Waals surface area contributed by atoms with E-state index in [1.807, 2.05) is 28.9 Å². The maximum Gasteiger partial charge on any atom is 0.0995 e. The molecule has 0 saturated heterocycles. The number of thiazole rings is 1. The Kier molecular flexibility index (Phi) is 2.34. The lowest BCUT2D eigenvalue weighted by atomic mass is 10.0. The zero-order valence-electron chi connectivity index (χ0n) is 9.64. The Hall–Kier alpha value is -1.46. The van der Waals surface area contributed by atoms with E-state index in [4.69, 9.17) is 4.98 Å². The lowest BCUT2D eigenvalue weighted by molar-refractivity contribution is 0.975. The van der Waals surface area contributed by atoms with E-state index < -0.39 is 0 Å². The summed E-state index contributed by atoms with van der Waals surface area (Å²) in [6, 6.07) is 2.20. The Bertz CT molecular complexity index is 679. The fraction of sp³-hybridized carbons (Fsp3) is 0.231. The third kappa shape index (κ3) is 1.62. The molecule has 5 heteroatoms. The van der Waals surface area contributed by atoms with Gasteiger partial charge < -0.3 is 4.98 Å². The van der Waals surface area contributed by atoms with Gasteiger partial charge in [0.1, 0.15) is 0 Å². The minimum absolute atomic E-state index is 0.834. The zero-order chi connectivity index (χ0) is 11.9. The van der Waals surface area contributed by atoms with E-state index in [-0.39, 0.29) is 0 Å². The van der Waals surface area contributed by atoms with Crippen molar-refractivity contribution in [2.24, 2.45) is 0 Å². The minimum Gasteiger partial charge on any atom is -0.351 e. The maximum atomic E-state index is 4.81. The number of H-pyrrole nitrogens is 1. The standard InChI is InChI=1S/C13H11N3S2/c1-2-11-13(9-3-4-17-10(1)9)16-12(18-11)5-8-6-14-7-15-8/h3-4,6-7H,1-2,5H2,(H,14,15). The van der Waals surface area contributed by atoms with Gasteiger partial charge in [0.2, 0.25) is 0 Å². The van der Waals surface area contributed by atoms with Gasteiger partial charge in [0.05, 0.1) is 22.7 Å². The highest BCUT2D eigenvalue weighted by atomic mass is 32.1. The molecule has 0 saturated carbocycles. The quantitative estimate of drug-likeness (QED) is 0.778. The number of hydrogen-bond acceptors (Lipinski definition) is 4. The van der Waals surface area contributed by atoms with Crippen LogP contribution in [0.25, 0.3) is 11.3 Å². The van der Waals surface area contributed by atoms with Gasteiger partial charge in [-0.15, -0.1) is 22.7 Å². The van der Waals surface area contributed by atoms with Crippen molar-refractivity contribution in [1.82, 2.24) is 15.0 Å². The number of fused-ring (bicyclic) bond motifs is 3. The summed E-state index contributed by atoms with van der Waals surface area (Å²) in [5.41, 5.74) is 3.63. The Morgan fingerprint density at radius 3 is 3.11 bits per heavy atom. The first-order valence-electron chi connectivity index (χ1n) is 5.93. The second-order valence-electron chi connectivity index (χ2n) is 4.37. The summed E-state index contributed by atoms with van der Waals surface area (Å²) in [5, 5.41) is 3.35. The first-order valence-corrected chi connectivity index (χ1v) is 7.63. The molecular weight excluding hydrogens is 262 g/mol. The van der Waals surface area contributed by atoms with E-state index in [1.165, 1.54) is 32.4 Å². The molecule has 1 aliphatic rings. The largest absolute Gasteiger partial charge is 0.351 e. The molecule has 0 amide bonds. The van der Waals surface area contributed by atoms with Gasteiger partial charge in [-0.2, -0.15) is 0 Å². The molecule has 1 N–H and O–H groups in total. The average molecular weight is 273 g/mol. The molecular formula is C13H11N3S2. The van der Waals surface area contributed by atoms with Crippen LogP contribution in [0.3, 0.4) is 0 Å². The number of aromatic amines is 1. The molecule has 0 aromatic carbocycles. The molecule has 0 spiro atoms. The van der Waals surface area contributed by atoms with Gasteiger partial charge in [-0.05, 0) is 24.3 Å². The lowest BCUT2D eigenvalue weighted by Crippen LogP contribution is -1.97. The SMILES string of the molecule is c1nc(Cc2nc3c(s2)CCc2sccc2-3)c[nH]1. The highest BCUT2D eigenvalue weighted by molar-refractivity contribution is 7.12. The van der Waals surface area contributed by atoms with Gasteiger partial charge in [-0.1, -0.05) is 0 Å². The monoisotopic (exact) mass is 273 g/mol. The van der Waals surface area contributed by atoms with E-state index in [9.17, 15) is 0 Å². The van der Waals surface area contributed by atoms with E-state index in [0.29, 0.717) is 0 Å². The summed E-state index contributed by atoms with van der Waals surface area (Å²) in [6.45, 7) is 0. The van der Waals surface area contributed by atoms with E-state index in [0.717, 1.165) is 18.5 Å². The normalized spacial score (nSPS) is 13.3. The summed E-state index contributed by atoms with van der Waals surface area (Å²) >= 11 is 3.69. The molecule has 0 bridgehead atoms. The molecule has 1 aliphatic carbocycles. The van der Waals surface area contributed by atoms with Crippen LogP contribution in [0.5, 0.6) is 0 Å². The van der Waals surface area contributed by atoms with Crippen LogP contribution in [-0.4, -0.2) is 15.0 Å². The van der Waals surface area contributed by atoms with Crippen molar-refractivity contribution >= 4 is 22.7 Å². The van der Waals surface area contributed by atoms with Gasteiger partial charge in [0.15, 0.2) is 0 Å². The smallest absolute Gasteiger partial charge is 0.0995 e. The van der Waals surface area contributed by atoms with E-state index in [1.54, 1.807) is 6.33 Å². The van der Waals surface area contributed by atoms with Gasteiger partial charge in [0, 0.05) is 27.9 Å². The first-order chi connectivity index (χ1) is 8.90. The molecule has 3 aromatic heterocycles. The zero-order valence-corrected chi connectivity index (χ0v) is 11.3. The summed E-state index contributed by atoms with van der Waals surface area (Å²) in [6.07, 6.45) is 6.81. The molecule has 0 radical (unpaired) electrons. The number of hydrogen-bond donors (Lipinski definition) is 1. The molecule has 90 valence electrons. The molecule has 18 heavy (non-hydrogen) atoms. The number of aromatic nitrogens is 3. The third-order valence-electron chi connectivity index (χ3n) is 3.21. The van der Waals surface area contributed by atoms with Crippen LogP contribution in [0, 0.1) is 0 Å². The topological polar surface area (TPSA) is 41.6 Å². The van der Waals surface area contributed by atoms with Crippen LogP contribution in [0.15, 0.2) is 24.0 Å². The predicted octanol–water partition coefficient (Wildman–Crippen LogP) is 3.28. The molecule has 0 aliphatic heterocycles. The number of nitrogens with one attached hydrogen (secondary N) is 1. The molecule has 3 aromatic rings. The lowest BCUT2D eigenvalue weighted by Gasteiger charge is -2.09. The van der Waals surface area contributed by atoms with Crippen LogP contribution < -0.4 is 0 Å². The van der Waals surface area contributed by atoms with Crippen LogP contribution in [0.1, 0.15) is 20.5 Å². The van der Waals surface area contributed by atoms with Crippen molar-refractivity contribution in [3.63, 3.8) is 0 Å². The number of aryl methyl sites for hydroxylation is 2. The third-order valence-corrected chi connectivity index (χ3v) is 5.30. The van der Waals surface area contributed by atoms with Crippen molar-refractivity contribution in [3.05, 3.63) is 44.4 Å². The molecule has 0 fully saturated rings. The molecule has 0 unspecified atom stereocenters. The molecule has 3 nitrogen and oxygen atoms in total. The van der Waals surface area contributed by atoms with Crippen LogP contribution >= 0.6 is 22.7 Å². The summed E-state index contributed by atoms with van der Waals surface area (Å²) in [7, 11) is 0. The predicted molar refractivity (Wildman–Crippen MR) is 74.2 cm³/mol. The fourth-order valence-electron chi connectivity index (χ4n) is 2.37. The highest BCUT2D eigenvalue weighted by Gasteiger charge is 2.21. The van der Waals surface area contributed by atoms with Gasteiger partial charge >= 0.3 is 0 Å². The van der Waals surface area contributed by atoms with Gasteiger partial charge in [-0.25, -0.2) is 9.97 Å². The Morgan fingerprint density at radius 1 is 1.28 bits per heavy atom. The molecule has 3 heterocycles. The van der Waals surface area contributed by atoms with Crippen molar-refractivity contribution < 1.29 is 0 Å². The van der Waals surface area contributed by atoms with Crippen LogP contribution in [-0.2, 0) is 19.3 Å². The maximum absolute atomic E-state index is 4.81. The average Bonchev–Trinajstić information content (AvgIpc) is 3.06. The highest BCUT2D eigenvalue weighted by Crippen LogP contribution is 2.39. The summed E-state index contributed by atoms with van der Waals surface area (Å²) in [5.74, 6) is 0. The van der Waals surface area contributed by atoms with Gasteiger partial charge in [0.25, 0.3) is 0 Å². The fourth-order valence-corrected chi connectivity index (χ4v) is 4.35. The van der Waals surface area contributed by atoms with Crippen molar-refractivity contribution in [1.29, 1.82) is 0 Å². The van der Waals surface area contributed by atoms with Crippen molar-refractivity contribution in [3.8, 4) is 11.3 Å². The van der Waals surface area contributed by atoms with E-state index in [2.05, 4.69) is 21.4 Å². The number of nitrogens with zero attached hydrogens (tertiary/aromatic N) is 2. The summed E-state index contributed by atoms with van der Waals surface area (Å²) in [4.78, 5) is 15.0. The Balaban J connectivity index is 1.73. The Morgan fingerprint density at radius 2 is 2.22 bits per heavy atom. The summed E-state index contributed by atoms with van der Waals surface area (Å²) < 4.78 is 0. The van der Waals surface area contributed by atoms with Crippen LogP contribution in [0.2, 0.25) is 0 Å². The van der Waals surface area contributed by atoms with Crippen molar-refractivity contribution in [2.75, 3.05) is 0 Å². The number of rotatable bonds is 2.